The van der Waals surface area contributed by atoms with Gasteiger partial charge in [0.15, 0.2) is 12.2 Å². The van der Waals surface area contributed by atoms with Crippen molar-refractivity contribution in [1.29, 1.82) is 0 Å². The molecule has 0 spiro atoms. The maximum absolute atomic E-state index is 13.1. The van der Waals surface area contributed by atoms with Crippen LogP contribution in [0.1, 0.15) is 420 Å². The molecule has 19 heteroatoms. The molecule has 0 aliphatic heterocycles. The van der Waals surface area contributed by atoms with Crippen molar-refractivity contribution in [2.24, 2.45) is 11.8 Å². The van der Waals surface area contributed by atoms with Crippen LogP contribution in [0, 0.1) is 11.8 Å². The zero-order valence-electron chi connectivity index (χ0n) is 64.8. The first-order valence-electron chi connectivity index (χ1n) is 41.5. The van der Waals surface area contributed by atoms with E-state index in [1.165, 1.54) is 231 Å². The lowest BCUT2D eigenvalue weighted by Crippen LogP contribution is -2.30. The summed E-state index contributed by atoms with van der Waals surface area (Å²) in [4.78, 5) is 73.0. The van der Waals surface area contributed by atoms with Gasteiger partial charge in [-0.05, 0) is 37.5 Å². The molecule has 6 atom stereocenters. The molecule has 0 saturated heterocycles. The van der Waals surface area contributed by atoms with Crippen LogP contribution in [0.3, 0.4) is 0 Å². The van der Waals surface area contributed by atoms with E-state index in [2.05, 4.69) is 41.5 Å². The van der Waals surface area contributed by atoms with E-state index in [1.54, 1.807) is 0 Å². The number of esters is 4. The largest absolute Gasteiger partial charge is 0.472 e. The molecule has 0 rings (SSSR count). The smallest absolute Gasteiger partial charge is 0.462 e. The summed E-state index contributed by atoms with van der Waals surface area (Å²) in [6.45, 7) is 9.60. The Balaban J connectivity index is 5.23. The van der Waals surface area contributed by atoms with Crippen LogP contribution in [-0.2, 0) is 65.4 Å². The van der Waals surface area contributed by atoms with E-state index < -0.39 is 97.5 Å². The highest BCUT2D eigenvalue weighted by Crippen LogP contribution is 2.45. The van der Waals surface area contributed by atoms with Crippen molar-refractivity contribution in [2.75, 3.05) is 39.6 Å². The Hall–Kier alpha value is -1.94. The molecule has 99 heavy (non-hydrogen) atoms. The Morgan fingerprint density at radius 1 is 0.293 bits per heavy atom. The minimum atomic E-state index is -4.96. The molecule has 3 N–H and O–H groups in total. The van der Waals surface area contributed by atoms with Gasteiger partial charge in [-0.15, -0.1) is 0 Å². The number of carbonyl (C=O) groups excluding carboxylic acids is 4. The average Bonchev–Trinajstić information content (AvgIpc) is 1.45. The van der Waals surface area contributed by atoms with Crippen LogP contribution in [0.4, 0.5) is 0 Å². The first kappa shape index (κ1) is 97.1. The Labute approximate surface area is 607 Å². The highest BCUT2D eigenvalue weighted by Gasteiger charge is 2.30. The molecular weight excluding hydrogens is 1290 g/mol. The Morgan fingerprint density at radius 2 is 0.515 bits per heavy atom. The molecule has 0 saturated carbocycles. The van der Waals surface area contributed by atoms with Crippen LogP contribution < -0.4 is 0 Å². The topological polar surface area (TPSA) is 237 Å². The second-order valence-electron chi connectivity index (χ2n) is 29.5. The maximum atomic E-state index is 13.1. The molecule has 588 valence electrons. The predicted octanol–water partition coefficient (Wildman–Crippen LogP) is 23.9. The maximum Gasteiger partial charge on any atom is 0.472 e. The van der Waals surface area contributed by atoms with Crippen LogP contribution in [0.15, 0.2) is 0 Å². The van der Waals surface area contributed by atoms with Crippen LogP contribution in [0.25, 0.3) is 0 Å². The van der Waals surface area contributed by atoms with Crippen molar-refractivity contribution in [2.45, 2.75) is 439 Å². The van der Waals surface area contributed by atoms with Crippen LogP contribution in [-0.4, -0.2) is 96.7 Å². The van der Waals surface area contributed by atoms with Gasteiger partial charge in [0, 0.05) is 25.7 Å². The second-order valence-corrected chi connectivity index (χ2v) is 32.4. The van der Waals surface area contributed by atoms with Gasteiger partial charge < -0.3 is 33.8 Å². The monoisotopic (exact) mass is 1450 g/mol. The number of ether oxygens (including phenoxy) is 4. The van der Waals surface area contributed by atoms with Gasteiger partial charge in [0.1, 0.15) is 19.3 Å². The molecule has 0 aromatic heterocycles. The number of carbonyl (C=O) groups is 4. The second kappa shape index (κ2) is 71.7. The van der Waals surface area contributed by atoms with E-state index in [0.29, 0.717) is 25.7 Å². The normalized spacial score (nSPS) is 14.2. The average molecular weight is 1450 g/mol. The van der Waals surface area contributed by atoms with Crippen molar-refractivity contribution in [3.05, 3.63) is 0 Å². The summed E-state index contributed by atoms with van der Waals surface area (Å²) in [5, 5.41) is 10.6. The summed E-state index contributed by atoms with van der Waals surface area (Å²) < 4.78 is 68.7. The molecule has 3 unspecified atom stereocenters. The first-order chi connectivity index (χ1) is 47.9. The fraction of sp³-hybridized carbons (Fsp3) is 0.950. The zero-order chi connectivity index (χ0) is 72.8. The van der Waals surface area contributed by atoms with E-state index in [0.717, 1.165) is 108 Å². The third kappa shape index (κ3) is 72.8. The number of phosphoric acid groups is 2. The van der Waals surface area contributed by atoms with Crippen molar-refractivity contribution < 1.29 is 80.2 Å². The summed E-state index contributed by atoms with van der Waals surface area (Å²) in [6, 6.07) is 0. The third-order valence-corrected chi connectivity index (χ3v) is 21.0. The van der Waals surface area contributed by atoms with Gasteiger partial charge in [-0.2, -0.15) is 0 Å². The zero-order valence-corrected chi connectivity index (χ0v) is 66.6. The van der Waals surface area contributed by atoms with Gasteiger partial charge in [0.2, 0.25) is 0 Å². The third-order valence-electron chi connectivity index (χ3n) is 19.1. The van der Waals surface area contributed by atoms with E-state index >= 15 is 0 Å². The molecule has 0 aromatic rings. The number of rotatable bonds is 79. The van der Waals surface area contributed by atoms with Crippen LogP contribution in [0.5, 0.6) is 0 Å². The van der Waals surface area contributed by atoms with Gasteiger partial charge in [-0.1, -0.05) is 369 Å². The lowest BCUT2D eigenvalue weighted by atomic mass is 10.00. The SMILES string of the molecule is CCCCCCCCCCCCCCCCCCCCCCC(=O)O[C@H](COC(=O)CCCCCCCCCCCCCCC(C)C)COP(=O)(O)OC[C@@H](O)COP(=O)(O)OC[C@@H](COC(=O)CCCCCCCCC(C)CC)OC(=O)CCCCCCCCCCCCCCCC. The Kier molecular flexibility index (Phi) is 70.3. The lowest BCUT2D eigenvalue weighted by molar-refractivity contribution is -0.161. The van der Waals surface area contributed by atoms with Gasteiger partial charge in [-0.3, -0.25) is 37.3 Å². The molecule has 0 aliphatic rings. The number of aliphatic hydroxyl groups is 1. The van der Waals surface area contributed by atoms with E-state index in [1.807, 2.05) is 0 Å². The molecular formula is C80H156O17P2. The Morgan fingerprint density at radius 3 is 0.768 bits per heavy atom. The molecule has 0 fully saturated rings. The van der Waals surface area contributed by atoms with Crippen LogP contribution >= 0.6 is 15.6 Å². The summed E-state index contributed by atoms with van der Waals surface area (Å²) >= 11 is 0. The number of hydrogen-bond donors (Lipinski definition) is 3. The lowest BCUT2D eigenvalue weighted by Gasteiger charge is -2.21. The van der Waals surface area contributed by atoms with Gasteiger partial charge in [0.05, 0.1) is 26.4 Å². The van der Waals surface area contributed by atoms with Gasteiger partial charge >= 0.3 is 39.5 Å². The first-order valence-corrected chi connectivity index (χ1v) is 44.5. The molecule has 0 bridgehead atoms. The van der Waals surface area contributed by atoms with Crippen molar-refractivity contribution in [3.63, 3.8) is 0 Å². The molecule has 0 amide bonds. The van der Waals surface area contributed by atoms with Crippen LogP contribution in [0.2, 0.25) is 0 Å². The van der Waals surface area contributed by atoms with Crippen molar-refractivity contribution >= 4 is 39.5 Å². The number of aliphatic hydroxyl groups excluding tert-OH is 1. The minimum absolute atomic E-state index is 0.107. The minimum Gasteiger partial charge on any atom is -0.462 e. The molecule has 0 aliphatic carbocycles. The number of hydrogen-bond acceptors (Lipinski definition) is 15. The standard InChI is InChI=1S/C80H156O17P2/c1-7-10-12-14-16-18-20-22-24-25-26-27-28-29-31-37-41-45-53-59-65-79(84)96-75(68-90-77(82)62-56-50-43-39-35-33-32-34-38-42-48-54-60-72(4)5)70-94-98(86,87)92-66-74(81)67-93-99(88,89)95-71-76(69-91-78(83)63-57-51-47-46-49-55-61-73(6)9-3)97-80(85)64-58-52-44-40-36-30-23-21-19-17-15-13-11-8-2/h72-76,81H,7-71H2,1-6H3,(H,86,87)(H,88,89)/t73?,74-,75-,76-/m1/s1. The summed E-state index contributed by atoms with van der Waals surface area (Å²) in [5.41, 5.74) is 0. The van der Waals surface area contributed by atoms with E-state index in [4.69, 9.17) is 37.0 Å². The summed E-state index contributed by atoms with van der Waals surface area (Å²) in [6.07, 6.45) is 61.1. The summed E-state index contributed by atoms with van der Waals surface area (Å²) in [5.74, 6) is -0.598. The highest BCUT2D eigenvalue weighted by molar-refractivity contribution is 7.47. The molecule has 17 nitrogen and oxygen atoms in total. The Bertz CT molecular complexity index is 1910. The van der Waals surface area contributed by atoms with Gasteiger partial charge in [-0.25, -0.2) is 9.13 Å². The molecule has 0 heterocycles. The van der Waals surface area contributed by atoms with E-state index in [-0.39, 0.29) is 25.7 Å². The summed E-state index contributed by atoms with van der Waals surface area (Å²) in [7, 11) is -9.92. The van der Waals surface area contributed by atoms with Crippen molar-refractivity contribution in [3.8, 4) is 0 Å². The highest BCUT2D eigenvalue weighted by atomic mass is 31.2. The van der Waals surface area contributed by atoms with Gasteiger partial charge in [0.25, 0.3) is 0 Å². The number of unbranched alkanes of at least 4 members (excludes halogenated alkanes) is 48. The number of phosphoric ester groups is 2. The van der Waals surface area contributed by atoms with E-state index in [9.17, 15) is 43.2 Å². The molecule has 0 aromatic carbocycles. The fourth-order valence-electron chi connectivity index (χ4n) is 12.3. The predicted molar refractivity (Wildman–Crippen MR) is 405 cm³/mol. The quantitative estimate of drug-likeness (QED) is 0.0222. The van der Waals surface area contributed by atoms with Crippen molar-refractivity contribution in [1.82, 2.24) is 0 Å². The fourth-order valence-corrected chi connectivity index (χ4v) is 13.9. The molecule has 0 radical (unpaired) electrons.